The van der Waals surface area contributed by atoms with Crippen molar-refractivity contribution >= 4 is 23.4 Å². The molecule has 2 heterocycles. The van der Waals surface area contributed by atoms with Crippen molar-refractivity contribution in [3.05, 3.63) is 11.9 Å². The summed E-state index contributed by atoms with van der Waals surface area (Å²) in [6.45, 7) is 6.36. The van der Waals surface area contributed by atoms with Gasteiger partial charge in [-0.2, -0.15) is 11.8 Å². The third kappa shape index (κ3) is 4.27. The fourth-order valence-corrected chi connectivity index (χ4v) is 3.66. The maximum absolute atomic E-state index is 4.46. The van der Waals surface area contributed by atoms with Crippen molar-refractivity contribution in [2.75, 3.05) is 29.5 Å². The van der Waals surface area contributed by atoms with E-state index < -0.39 is 0 Å². The van der Waals surface area contributed by atoms with Gasteiger partial charge in [-0.3, -0.25) is 0 Å². The fourth-order valence-electron chi connectivity index (χ4n) is 2.46. The first-order chi connectivity index (χ1) is 9.85. The first-order valence-corrected chi connectivity index (χ1v) is 8.83. The topological polar surface area (TPSA) is 49.8 Å². The van der Waals surface area contributed by atoms with Gasteiger partial charge in [-0.1, -0.05) is 20.3 Å². The zero-order valence-electron chi connectivity index (χ0n) is 12.6. The zero-order chi connectivity index (χ0) is 14.2. The van der Waals surface area contributed by atoms with Crippen molar-refractivity contribution in [2.45, 2.75) is 51.2 Å². The maximum atomic E-state index is 4.46. The highest BCUT2D eigenvalue weighted by atomic mass is 32.2. The second-order valence-electron chi connectivity index (χ2n) is 5.24. The summed E-state index contributed by atoms with van der Waals surface area (Å²) in [5, 5.41) is 7.71. The molecular weight excluding hydrogens is 268 g/mol. The highest BCUT2D eigenvalue weighted by Gasteiger charge is 2.17. The SMILES string of the molecule is CCCNc1ncnc(NCC2CCCS2)c1CCC. The predicted molar refractivity (Wildman–Crippen MR) is 88.8 cm³/mol. The molecule has 0 radical (unpaired) electrons. The molecule has 1 aromatic heterocycles. The van der Waals surface area contributed by atoms with E-state index in [9.17, 15) is 0 Å². The maximum Gasteiger partial charge on any atom is 0.134 e. The van der Waals surface area contributed by atoms with E-state index in [1.54, 1.807) is 6.33 Å². The predicted octanol–water partition coefficient (Wildman–Crippen LogP) is 3.56. The lowest BCUT2D eigenvalue weighted by Gasteiger charge is -2.16. The molecule has 0 spiro atoms. The second kappa shape index (κ2) is 8.35. The minimum absolute atomic E-state index is 0.742. The molecule has 2 rings (SSSR count). The number of hydrogen-bond donors (Lipinski definition) is 2. The molecule has 4 nitrogen and oxygen atoms in total. The van der Waals surface area contributed by atoms with Gasteiger partial charge in [-0.15, -0.1) is 0 Å². The van der Waals surface area contributed by atoms with Crippen molar-refractivity contribution in [1.29, 1.82) is 0 Å². The molecule has 112 valence electrons. The van der Waals surface area contributed by atoms with Crippen LogP contribution in [0.5, 0.6) is 0 Å². The third-order valence-electron chi connectivity index (χ3n) is 3.51. The van der Waals surface area contributed by atoms with Gasteiger partial charge in [0.2, 0.25) is 0 Å². The molecule has 5 heteroatoms. The third-order valence-corrected chi connectivity index (χ3v) is 4.91. The minimum Gasteiger partial charge on any atom is -0.370 e. The van der Waals surface area contributed by atoms with Gasteiger partial charge in [0, 0.05) is 23.9 Å². The molecule has 1 aliphatic heterocycles. The summed E-state index contributed by atoms with van der Waals surface area (Å²) in [4.78, 5) is 8.86. The van der Waals surface area contributed by atoms with Crippen LogP contribution in [-0.4, -0.2) is 34.1 Å². The monoisotopic (exact) mass is 294 g/mol. The molecule has 0 amide bonds. The van der Waals surface area contributed by atoms with Gasteiger partial charge < -0.3 is 10.6 Å². The van der Waals surface area contributed by atoms with Crippen LogP contribution in [0.25, 0.3) is 0 Å². The van der Waals surface area contributed by atoms with Gasteiger partial charge in [0.15, 0.2) is 0 Å². The smallest absolute Gasteiger partial charge is 0.134 e. The molecule has 0 aliphatic carbocycles. The van der Waals surface area contributed by atoms with Gasteiger partial charge in [0.1, 0.15) is 18.0 Å². The van der Waals surface area contributed by atoms with Crippen LogP contribution in [0.2, 0.25) is 0 Å². The summed E-state index contributed by atoms with van der Waals surface area (Å²) >= 11 is 2.08. The largest absolute Gasteiger partial charge is 0.370 e. The minimum atomic E-state index is 0.742. The lowest BCUT2D eigenvalue weighted by atomic mass is 10.1. The van der Waals surface area contributed by atoms with E-state index in [-0.39, 0.29) is 0 Å². The van der Waals surface area contributed by atoms with Gasteiger partial charge in [0.25, 0.3) is 0 Å². The number of thioether (sulfide) groups is 1. The summed E-state index contributed by atoms with van der Waals surface area (Å²) in [7, 11) is 0. The molecular formula is C15H26N4S. The molecule has 0 aromatic carbocycles. The van der Waals surface area contributed by atoms with Crippen LogP contribution >= 0.6 is 11.8 Å². The Labute approximate surface area is 126 Å². The summed E-state index contributed by atoms with van der Waals surface area (Å²) in [5.74, 6) is 3.33. The second-order valence-corrected chi connectivity index (χ2v) is 6.65. The first-order valence-electron chi connectivity index (χ1n) is 7.78. The van der Waals surface area contributed by atoms with Crippen LogP contribution in [0.3, 0.4) is 0 Å². The summed E-state index contributed by atoms with van der Waals surface area (Å²) in [6, 6.07) is 0. The Hall–Kier alpha value is -0.970. The Balaban J connectivity index is 2.04. The molecule has 20 heavy (non-hydrogen) atoms. The molecule has 1 aliphatic rings. The van der Waals surface area contributed by atoms with E-state index in [1.165, 1.54) is 24.2 Å². The Morgan fingerprint density at radius 1 is 1.20 bits per heavy atom. The van der Waals surface area contributed by atoms with E-state index in [2.05, 4.69) is 46.2 Å². The van der Waals surface area contributed by atoms with Crippen molar-refractivity contribution in [3.63, 3.8) is 0 Å². The van der Waals surface area contributed by atoms with E-state index in [0.29, 0.717) is 0 Å². The van der Waals surface area contributed by atoms with Crippen LogP contribution < -0.4 is 10.6 Å². The molecule has 2 N–H and O–H groups in total. The van der Waals surface area contributed by atoms with Crippen molar-refractivity contribution in [2.24, 2.45) is 0 Å². The van der Waals surface area contributed by atoms with E-state index in [4.69, 9.17) is 0 Å². The van der Waals surface area contributed by atoms with E-state index in [0.717, 1.165) is 49.2 Å². The normalized spacial score (nSPS) is 18.2. The first kappa shape index (κ1) is 15.4. The van der Waals surface area contributed by atoms with Gasteiger partial charge in [-0.25, -0.2) is 9.97 Å². The summed E-state index contributed by atoms with van der Waals surface area (Å²) in [6.07, 6.45) is 7.59. The van der Waals surface area contributed by atoms with Gasteiger partial charge >= 0.3 is 0 Å². The van der Waals surface area contributed by atoms with Gasteiger partial charge in [0.05, 0.1) is 0 Å². The van der Waals surface area contributed by atoms with Crippen LogP contribution in [-0.2, 0) is 6.42 Å². The lowest BCUT2D eigenvalue weighted by Crippen LogP contribution is -2.17. The summed E-state index contributed by atoms with van der Waals surface area (Å²) in [5.41, 5.74) is 1.24. The van der Waals surface area contributed by atoms with Crippen LogP contribution in [0.15, 0.2) is 6.33 Å². The van der Waals surface area contributed by atoms with Crippen molar-refractivity contribution < 1.29 is 0 Å². The fraction of sp³-hybridized carbons (Fsp3) is 0.733. The zero-order valence-corrected chi connectivity index (χ0v) is 13.4. The molecule has 1 unspecified atom stereocenters. The Kier molecular flexibility index (Phi) is 6.43. The summed E-state index contributed by atoms with van der Waals surface area (Å²) < 4.78 is 0. The average Bonchev–Trinajstić information content (AvgIpc) is 2.98. The molecule has 1 aromatic rings. The number of anilines is 2. The molecule has 0 saturated carbocycles. The highest BCUT2D eigenvalue weighted by Crippen LogP contribution is 2.27. The molecule has 0 bridgehead atoms. The van der Waals surface area contributed by atoms with Crippen LogP contribution in [0.4, 0.5) is 11.6 Å². The lowest BCUT2D eigenvalue weighted by molar-refractivity contribution is 0.799. The molecule has 1 atom stereocenters. The number of hydrogen-bond acceptors (Lipinski definition) is 5. The Morgan fingerprint density at radius 2 is 2.00 bits per heavy atom. The number of nitrogens with zero attached hydrogens (tertiary/aromatic N) is 2. The van der Waals surface area contributed by atoms with Crippen molar-refractivity contribution in [3.8, 4) is 0 Å². The molecule has 1 saturated heterocycles. The molecule has 1 fully saturated rings. The number of aromatic nitrogens is 2. The van der Waals surface area contributed by atoms with Crippen molar-refractivity contribution in [1.82, 2.24) is 9.97 Å². The van der Waals surface area contributed by atoms with E-state index in [1.807, 2.05) is 0 Å². The number of nitrogens with one attached hydrogen (secondary N) is 2. The van der Waals surface area contributed by atoms with E-state index >= 15 is 0 Å². The number of rotatable bonds is 8. The Morgan fingerprint density at radius 3 is 2.65 bits per heavy atom. The average molecular weight is 294 g/mol. The van der Waals surface area contributed by atoms with Crippen LogP contribution in [0, 0.1) is 0 Å². The van der Waals surface area contributed by atoms with Crippen LogP contribution in [0.1, 0.15) is 45.1 Å². The van der Waals surface area contributed by atoms with Gasteiger partial charge in [-0.05, 0) is 31.4 Å². The standard InChI is InChI=1S/C15H26N4S/c1-3-6-13-14(16-8-4-2)18-11-19-15(13)17-10-12-7-5-9-20-12/h11-12H,3-10H2,1-2H3,(H2,16,17,18,19). The highest BCUT2D eigenvalue weighted by molar-refractivity contribution is 8.00. The quantitative estimate of drug-likeness (QED) is 0.768. The Bertz CT molecular complexity index is 405.